The van der Waals surface area contributed by atoms with Gasteiger partial charge in [0.05, 0.1) is 10.8 Å². The number of hydrogen-bond acceptors (Lipinski definition) is 5. The lowest BCUT2D eigenvalue weighted by molar-refractivity contribution is -0.383. The quantitative estimate of drug-likeness (QED) is 0.582. The average molecular weight is 399 g/mol. The lowest BCUT2D eigenvalue weighted by atomic mass is 9.96. The molecule has 1 heterocycles. The molecule has 7 heteroatoms. The first-order chi connectivity index (χ1) is 13.8. The first kappa shape index (κ1) is 20.9. The average Bonchev–Trinajstić information content (AvgIpc) is 2.72. The summed E-state index contributed by atoms with van der Waals surface area (Å²) in [5.41, 5.74) is 2.63. The van der Waals surface area contributed by atoms with Crippen LogP contribution in [-0.2, 0) is 4.79 Å². The Morgan fingerprint density at radius 3 is 2.83 bits per heavy atom. The lowest BCUT2D eigenvalue weighted by Crippen LogP contribution is -2.42. The van der Waals surface area contributed by atoms with Crippen molar-refractivity contribution in [2.24, 2.45) is 11.8 Å². The van der Waals surface area contributed by atoms with Crippen LogP contribution in [0.15, 0.2) is 42.0 Å². The van der Waals surface area contributed by atoms with Crippen LogP contribution in [-0.4, -0.2) is 49.5 Å². The van der Waals surface area contributed by atoms with Gasteiger partial charge in [-0.3, -0.25) is 14.9 Å². The van der Waals surface area contributed by atoms with Crippen molar-refractivity contribution in [3.05, 3.63) is 52.1 Å². The zero-order valence-corrected chi connectivity index (χ0v) is 17.4. The molecule has 2 atom stereocenters. The fourth-order valence-corrected chi connectivity index (χ4v) is 3.90. The predicted octanol–water partition coefficient (Wildman–Crippen LogP) is 3.83. The normalized spacial score (nSPS) is 21.5. The Hall–Kier alpha value is -2.83. The van der Waals surface area contributed by atoms with Crippen LogP contribution >= 0.6 is 0 Å². The Morgan fingerprint density at radius 2 is 2.17 bits per heavy atom. The second kappa shape index (κ2) is 9.11. The summed E-state index contributed by atoms with van der Waals surface area (Å²) >= 11 is 0. The summed E-state index contributed by atoms with van der Waals surface area (Å²) in [5.74, 6) is 0.637. The smallest absolute Gasteiger partial charge is 0.292 e. The first-order valence-corrected chi connectivity index (χ1v) is 10.2. The number of nitro groups is 1. The zero-order valence-electron chi connectivity index (χ0n) is 17.4. The second-order valence-corrected chi connectivity index (χ2v) is 8.18. The van der Waals surface area contributed by atoms with Crippen molar-refractivity contribution >= 4 is 23.0 Å². The van der Waals surface area contributed by atoms with Gasteiger partial charge < -0.3 is 15.1 Å². The molecule has 1 N–H and O–H groups in total. The number of nitrogens with one attached hydrogen (secondary N) is 1. The fraction of sp³-hybridized carbons (Fsp3) is 0.500. The Labute approximate surface area is 172 Å². The molecule has 1 aliphatic carbocycles. The topological polar surface area (TPSA) is 78.7 Å². The summed E-state index contributed by atoms with van der Waals surface area (Å²) in [6, 6.07) is 5.19. The van der Waals surface area contributed by atoms with Gasteiger partial charge in [0.25, 0.3) is 5.69 Å². The number of nitrogens with zero attached hydrogens (tertiary/aromatic N) is 3. The van der Waals surface area contributed by atoms with Gasteiger partial charge in [0.2, 0.25) is 5.91 Å². The van der Waals surface area contributed by atoms with E-state index in [1.54, 1.807) is 31.1 Å². The van der Waals surface area contributed by atoms with Gasteiger partial charge in [0, 0.05) is 45.5 Å². The molecule has 1 saturated heterocycles. The van der Waals surface area contributed by atoms with Gasteiger partial charge in [-0.25, -0.2) is 0 Å². The van der Waals surface area contributed by atoms with Gasteiger partial charge in [-0.15, -0.1) is 0 Å². The van der Waals surface area contributed by atoms with Gasteiger partial charge >= 0.3 is 0 Å². The van der Waals surface area contributed by atoms with Crippen molar-refractivity contribution in [3.8, 4) is 0 Å². The molecule has 1 aromatic rings. The fourth-order valence-electron chi connectivity index (χ4n) is 3.90. The van der Waals surface area contributed by atoms with Crippen molar-refractivity contribution in [1.29, 1.82) is 0 Å². The maximum absolute atomic E-state index is 12.4. The summed E-state index contributed by atoms with van der Waals surface area (Å²) in [7, 11) is 3.56. The van der Waals surface area contributed by atoms with Crippen LogP contribution in [0.25, 0.3) is 0 Å². The van der Waals surface area contributed by atoms with Crippen molar-refractivity contribution < 1.29 is 9.72 Å². The first-order valence-electron chi connectivity index (χ1n) is 10.2. The summed E-state index contributed by atoms with van der Waals surface area (Å²) in [6.45, 7) is 4.20. The van der Waals surface area contributed by atoms with E-state index < -0.39 is 0 Å². The molecular weight excluding hydrogens is 368 g/mol. The minimum Gasteiger partial charge on any atom is -0.375 e. The maximum atomic E-state index is 12.4. The molecule has 0 saturated carbocycles. The van der Waals surface area contributed by atoms with Crippen LogP contribution in [0, 0.1) is 22.0 Å². The summed E-state index contributed by atoms with van der Waals surface area (Å²) in [6.07, 6.45) is 9.22. The molecule has 0 bridgehead atoms. The highest BCUT2D eigenvalue weighted by atomic mass is 16.6. The molecule has 0 spiro atoms. The van der Waals surface area contributed by atoms with E-state index in [4.69, 9.17) is 0 Å². The highest BCUT2D eigenvalue weighted by Gasteiger charge is 2.28. The predicted molar refractivity (Wildman–Crippen MR) is 116 cm³/mol. The lowest BCUT2D eigenvalue weighted by Gasteiger charge is -2.35. The monoisotopic (exact) mass is 398 g/mol. The number of anilines is 2. The SMILES string of the molecule is CC1C=CC(CNc2cc(N3CCCC(C(=O)N(C)C)C3)ccc2[N+](=O)[O-])=CC1. The van der Waals surface area contributed by atoms with Gasteiger partial charge in [-0.1, -0.05) is 25.2 Å². The third kappa shape index (κ3) is 5.16. The molecule has 2 unspecified atom stereocenters. The molecular formula is C22H30N4O3. The van der Waals surface area contributed by atoms with Crippen LogP contribution in [0.2, 0.25) is 0 Å². The number of piperidine rings is 1. The van der Waals surface area contributed by atoms with Crippen LogP contribution in [0.3, 0.4) is 0 Å². The Balaban J connectivity index is 1.76. The number of amides is 1. The largest absolute Gasteiger partial charge is 0.375 e. The molecule has 2 aliphatic rings. The molecule has 156 valence electrons. The van der Waals surface area contributed by atoms with Crippen LogP contribution in [0.1, 0.15) is 26.2 Å². The maximum Gasteiger partial charge on any atom is 0.292 e. The van der Waals surface area contributed by atoms with Crippen molar-refractivity contribution in [2.75, 3.05) is 43.9 Å². The van der Waals surface area contributed by atoms with Crippen molar-refractivity contribution in [3.63, 3.8) is 0 Å². The number of rotatable bonds is 6. The van der Waals surface area contributed by atoms with E-state index >= 15 is 0 Å². The van der Waals surface area contributed by atoms with Gasteiger partial charge in [0.1, 0.15) is 5.69 Å². The minimum absolute atomic E-state index is 0.0372. The molecule has 1 amide bonds. The van der Waals surface area contributed by atoms with Gasteiger partial charge in [-0.05, 0) is 42.9 Å². The van der Waals surface area contributed by atoms with Crippen molar-refractivity contribution in [2.45, 2.75) is 26.2 Å². The van der Waals surface area contributed by atoms with Gasteiger partial charge in [0.15, 0.2) is 0 Å². The second-order valence-electron chi connectivity index (χ2n) is 8.18. The van der Waals surface area contributed by atoms with Crippen LogP contribution in [0.5, 0.6) is 0 Å². The summed E-state index contributed by atoms with van der Waals surface area (Å²) in [5, 5.41) is 14.7. The van der Waals surface area contributed by atoms with E-state index in [2.05, 4.69) is 35.4 Å². The molecule has 0 radical (unpaired) electrons. The van der Waals surface area contributed by atoms with E-state index in [-0.39, 0.29) is 22.4 Å². The van der Waals surface area contributed by atoms with Gasteiger partial charge in [-0.2, -0.15) is 0 Å². The van der Waals surface area contributed by atoms with E-state index in [1.165, 1.54) is 0 Å². The third-order valence-corrected chi connectivity index (χ3v) is 5.63. The Morgan fingerprint density at radius 1 is 1.38 bits per heavy atom. The zero-order chi connectivity index (χ0) is 21.0. The number of benzene rings is 1. The van der Waals surface area contributed by atoms with E-state index in [0.29, 0.717) is 24.7 Å². The highest BCUT2D eigenvalue weighted by Crippen LogP contribution is 2.32. The molecule has 7 nitrogen and oxygen atoms in total. The summed E-state index contributed by atoms with van der Waals surface area (Å²) < 4.78 is 0. The van der Waals surface area contributed by atoms with Crippen molar-refractivity contribution in [1.82, 2.24) is 4.90 Å². The van der Waals surface area contributed by atoms with Crippen LogP contribution < -0.4 is 10.2 Å². The molecule has 29 heavy (non-hydrogen) atoms. The van der Waals surface area contributed by atoms with E-state index in [0.717, 1.165) is 37.1 Å². The highest BCUT2D eigenvalue weighted by molar-refractivity contribution is 5.79. The molecule has 1 aromatic carbocycles. The molecule has 3 rings (SSSR count). The molecule has 0 aromatic heterocycles. The number of carbonyl (C=O) groups is 1. The standard InChI is InChI=1S/C22H30N4O3/c1-16-6-8-17(9-7-16)14-23-20-13-19(10-11-21(20)26(28)29)25-12-4-5-18(15-25)22(27)24(2)3/h6,8-11,13,16,18,23H,4-5,7,12,14-15H2,1-3H3. The molecule has 1 aliphatic heterocycles. The summed E-state index contributed by atoms with van der Waals surface area (Å²) in [4.78, 5) is 27.3. The van der Waals surface area contributed by atoms with E-state index in [1.807, 2.05) is 6.07 Å². The third-order valence-electron chi connectivity index (χ3n) is 5.63. The van der Waals surface area contributed by atoms with Crippen LogP contribution in [0.4, 0.5) is 17.1 Å². The number of nitro benzene ring substituents is 1. The van der Waals surface area contributed by atoms with E-state index in [9.17, 15) is 14.9 Å². The Kier molecular flexibility index (Phi) is 6.56. The number of allylic oxidation sites excluding steroid dienone is 2. The number of hydrogen-bond donors (Lipinski definition) is 1. The number of carbonyl (C=O) groups excluding carboxylic acids is 1. The Bertz CT molecular complexity index is 831. The molecule has 1 fully saturated rings. The minimum atomic E-state index is -0.353.